The Kier molecular flexibility index (Phi) is 6.42. The van der Waals surface area contributed by atoms with Crippen molar-refractivity contribution in [3.63, 3.8) is 0 Å². The zero-order valence-electron chi connectivity index (χ0n) is 14.9. The summed E-state index contributed by atoms with van der Waals surface area (Å²) >= 11 is 0. The summed E-state index contributed by atoms with van der Waals surface area (Å²) < 4.78 is 4.93. The number of carbonyl (C=O) groups excluding carboxylic acids is 1. The summed E-state index contributed by atoms with van der Waals surface area (Å²) in [5, 5.41) is 14.5. The lowest BCUT2D eigenvalue weighted by atomic mass is 10.2. The molecule has 1 heterocycles. The molecule has 1 aromatic carbocycles. The maximum atomic E-state index is 11.7. The summed E-state index contributed by atoms with van der Waals surface area (Å²) in [6.45, 7) is 6.99. The quantitative estimate of drug-likeness (QED) is 0.435. The van der Waals surface area contributed by atoms with Crippen LogP contribution in [-0.4, -0.2) is 40.6 Å². The van der Waals surface area contributed by atoms with Gasteiger partial charge >= 0.3 is 11.7 Å². The summed E-state index contributed by atoms with van der Waals surface area (Å²) in [6, 6.07) is 6.43. The number of hydrogen-bond donors (Lipinski definition) is 1. The van der Waals surface area contributed by atoms with E-state index in [1.807, 2.05) is 13.8 Å². The second-order valence-corrected chi connectivity index (χ2v) is 5.25. The standard InChI is InChI=1S/C17H21N5O4/c1-4-21(5-2)16-14(22(24)25)15(18-11-19-16)20-13-9-7-12(8-10-13)17(23)26-6-3/h7-11H,4-6H2,1-3H3,(H,18,19,20). The minimum atomic E-state index is -0.497. The minimum absolute atomic E-state index is 0.0933. The zero-order valence-corrected chi connectivity index (χ0v) is 14.9. The van der Waals surface area contributed by atoms with E-state index in [1.54, 1.807) is 36.1 Å². The van der Waals surface area contributed by atoms with Crippen LogP contribution < -0.4 is 10.2 Å². The molecule has 0 unspecified atom stereocenters. The summed E-state index contributed by atoms with van der Waals surface area (Å²) in [5.74, 6) is -0.0627. The van der Waals surface area contributed by atoms with Crippen molar-refractivity contribution in [1.82, 2.24) is 9.97 Å². The molecule has 26 heavy (non-hydrogen) atoms. The van der Waals surface area contributed by atoms with E-state index < -0.39 is 10.9 Å². The topological polar surface area (TPSA) is 110 Å². The van der Waals surface area contributed by atoms with Gasteiger partial charge in [0.1, 0.15) is 6.33 Å². The number of nitrogens with zero attached hydrogens (tertiary/aromatic N) is 4. The van der Waals surface area contributed by atoms with Crippen molar-refractivity contribution >= 4 is 29.0 Å². The number of rotatable bonds is 8. The molecule has 0 aliphatic rings. The molecule has 1 N–H and O–H groups in total. The highest BCUT2D eigenvalue weighted by atomic mass is 16.6. The number of carbonyl (C=O) groups is 1. The number of anilines is 3. The maximum absolute atomic E-state index is 11.7. The molecule has 0 amide bonds. The van der Waals surface area contributed by atoms with Crippen LogP contribution in [0.15, 0.2) is 30.6 Å². The molecule has 0 saturated carbocycles. The molecule has 2 aromatic rings. The van der Waals surface area contributed by atoms with Crippen molar-refractivity contribution in [2.75, 3.05) is 29.9 Å². The Balaban J connectivity index is 2.33. The lowest BCUT2D eigenvalue weighted by molar-refractivity contribution is -0.383. The first-order valence-electron chi connectivity index (χ1n) is 8.30. The van der Waals surface area contributed by atoms with Crippen LogP contribution in [0, 0.1) is 10.1 Å². The van der Waals surface area contributed by atoms with E-state index in [2.05, 4.69) is 15.3 Å². The van der Waals surface area contributed by atoms with Crippen LogP contribution in [0.3, 0.4) is 0 Å². The SMILES string of the molecule is CCOC(=O)c1ccc(Nc2ncnc(N(CC)CC)c2[N+](=O)[O-])cc1. The first-order valence-corrected chi connectivity index (χ1v) is 8.30. The highest BCUT2D eigenvalue weighted by Crippen LogP contribution is 2.33. The number of nitro groups is 1. The fourth-order valence-corrected chi connectivity index (χ4v) is 2.42. The van der Waals surface area contributed by atoms with E-state index in [-0.39, 0.29) is 17.3 Å². The van der Waals surface area contributed by atoms with Gasteiger partial charge in [0.25, 0.3) is 0 Å². The van der Waals surface area contributed by atoms with Crippen molar-refractivity contribution in [3.8, 4) is 0 Å². The van der Waals surface area contributed by atoms with Gasteiger partial charge < -0.3 is 15.0 Å². The van der Waals surface area contributed by atoms with Gasteiger partial charge in [-0.1, -0.05) is 0 Å². The maximum Gasteiger partial charge on any atom is 0.353 e. The van der Waals surface area contributed by atoms with E-state index in [4.69, 9.17) is 4.74 Å². The van der Waals surface area contributed by atoms with Crippen molar-refractivity contribution in [2.45, 2.75) is 20.8 Å². The number of nitrogens with one attached hydrogen (secondary N) is 1. The molecule has 0 aliphatic carbocycles. The average molecular weight is 359 g/mol. The lowest BCUT2D eigenvalue weighted by Gasteiger charge is -2.20. The lowest BCUT2D eigenvalue weighted by Crippen LogP contribution is -2.24. The van der Waals surface area contributed by atoms with Gasteiger partial charge in [0, 0.05) is 18.8 Å². The van der Waals surface area contributed by atoms with Crippen LogP contribution in [0.4, 0.5) is 23.0 Å². The van der Waals surface area contributed by atoms with Gasteiger partial charge in [0.2, 0.25) is 11.6 Å². The molecule has 0 fully saturated rings. The van der Waals surface area contributed by atoms with Crippen molar-refractivity contribution in [3.05, 3.63) is 46.3 Å². The Morgan fingerprint density at radius 1 is 1.19 bits per heavy atom. The summed E-state index contributed by atoms with van der Waals surface area (Å²) in [6.07, 6.45) is 1.29. The van der Waals surface area contributed by atoms with Gasteiger partial charge in [0.15, 0.2) is 0 Å². The Bertz CT molecular complexity index is 775. The average Bonchev–Trinajstić information content (AvgIpc) is 2.63. The molecular formula is C17H21N5O4. The first-order chi connectivity index (χ1) is 12.5. The van der Waals surface area contributed by atoms with Gasteiger partial charge in [-0.2, -0.15) is 0 Å². The first kappa shape index (κ1) is 19.1. The molecule has 9 nitrogen and oxygen atoms in total. The molecule has 2 rings (SSSR count). The molecule has 0 saturated heterocycles. The van der Waals surface area contributed by atoms with Crippen LogP contribution in [0.5, 0.6) is 0 Å². The van der Waals surface area contributed by atoms with E-state index >= 15 is 0 Å². The number of aromatic nitrogens is 2. The van der Waals surface area contributed by atoms with Crippen LogP contribution in [0.2, 0.25) is 0 Å². The van der Waals surface area contributed by atoms with E-state index in [9.17, 15) is 14.9 Å². The predicted molar refractivity (Wildman–Crippen MR) is 97.9 cm³/mol. The monoisotopic (exact) mass is 359 g/mol. The van der Waals surface area contributed by atoms with Crippen LogP contribution >= 0.6 is 0 Å². The van der Waals surface area contributed by atoms with Gasteiger partial charge in [-0.3, -0.25) is 10.1 Å². The van der Waals surface area contributed by atoms with E-state index in [1.165, 1.54) is 6.33 Å². The Hall–Kier alpha value is -3.23. The van der Waals surface area contributed by atoms with Crippen LogP contribution in [0.1, 0.15) is 31.1 Å². The molecule has 138 valence electrons. The molecule has 9 heteroatoms. The van der Waals surface area contributed by atoms with Gasteiger partial charge in [-0.05, 0) is 45.0 Å². The smallest absolute Gasteiger partial charge is 0.353 e. The Morgan fingerprint density at radius 2 is 1.85 bits per heavy atom. The van der Waals surface area contributed by atoms with Crippen molar-refractivity contribution < 1.29 is 14.5 Å². The second kappa shape index (κ2) is 8.75. The number of esters is 1. The van der Waals surface area contributed by atoms with Crippen molar-refractivity contribution in [2.24, 2.45) is 0 Å². The number of ether oxygens (including phenoxy) is 1. The molecule has 0 bridgehead atoms. The van der Waals surface area contributed by atoms with Crippen LogP contribution in [0.25, 0.3) is 0 Å². The second-order valence-electron chi connectivity index (χ2n) is 5.25. The van der Waals surface area contributed by atoms with Crippen molar-refractivity contribution in [1.29, 1.82) is 0 Å². The zero-order chi connectivity index (χ0) is 19.1. The molecular weight excluding hydrogens is 338 g/mol. The summed E-state index contributed by atoms with van der Waals surface area (Å²) in [4.78, 5) is 32.6. The van der Waals surface area contributed by atoms with Gasteiger partial charge in [-0.25, -0.2) is 14.8 Å². The highest BCUT2D eigenvalue weighted by Gasteiger charge is 2.26. The third-order valence-corrected chi connectivity index (χ3v) is 3.71. The van der Waals surface area contributed by atoms with E-state index in [0.29, 0.717) is 30.9 Å². The highest BCUT2D eigenvalue weighted by molar-refractivity contribution is 5.90. The predicted octanol–water partition coefficient (Wildman–Crippen LogP) is 3.15. The summed E-state index contributed by atoms with van der Waals surface area (Å²) in [7, 11) is 0. The van der Waals surface area contributed by atoms with E-state index in [0.717, 1.165) is 0 Å². The number of hydrogen-bond acceptors (Lipinski definition) is 8. The largest absolute Gasteiger partial charge is 0.462 e. The Morgan fingerprint density at radius 3 is 2.38 bits per heavy atom. The molecule has 0 spiro atoms. The van der Waals surface area contributed by atoms with Gasteiger partial charge in [0.05, 0.1) is 17.1 Å². The molecule has 0 aliphatic heterocycles. The molecule has 0 atom stereocenters. The van der Waals surface area contributed by atoms with Gasteiger partial charge in [-0.15, -0.1) is 0 Å². The number of benzene rings is 1. The fourth-order valence-electron chi connectivity index (χ4n) is 2.42. The molecule has 0 radical (unpaired) electrons. The normalized spacial score (nSPS) is 10.3. The molecule has 1 aromatic heterocycles. The summed E-state index contributed by atoms with van der Waals surface area (Å²) in [5.41, 5.74) is 0.773. The minimum Gasteiger partial charge on any atom is -0.462 e. The third kappa shape index (κ3) is 4.24. The Labute approximate surface area is 151 Å². The fraction of sp³-hybridized carbons (Fsp3) is 0.353. The van der Waals surface area contributed by atoms with Crippen LogP contribution in [-0.2, 0) is 4.74 Å². The third-order valence-electron chi connectivity index (χ3n) is 3.71.